The van der Waals surface area contributed by atoms with Gasteiger partial charge < -0.3 is 15.2 Å². The van der Waals surface area contributed by atoms with Crippen molar-refractivity contribution in [1.82, 2.24) is 20.2 Å². The third-order valence-electron chi connectivity index (χ3n) is 3.33. The van der Waals surface area contributed by atoms with Crippen LogP contribution in [0.5, 0.6) is 0 Å². The summed E-state index contributed by atoms with van der Waals surface area (Å²) in [6.45, 7) is 4.33. The van der Waals surface area contributed by atoms with Crippen LogP contribution >= 0.6 is 24.8 Å². The Balaban J connectivity index is 0.00000162. The van der Waals surface area contributed by atoms with Gasteiger partial charge in [-0.3, -0.25) is 4.79 Å². The molecule has 1 aliphatic rings. The van der Waals surface area contributed by atoms with Crippen LogP contribution in [0.4, 0.5) is 0 Å². The number of carbonyl (C=O) groups excluding carboxylic acids is 1. The number of carbonyl (C=O) groups is 1. The van der Waals surface area contributed by atoms with Crippen LogP contribution in [0.25, 0.3) is 0 Å². The first-order chi connectivity index (χ1) is 8.21. The molecule has 0 aromatic carbocycles. The van der Waals surface area contributed by atoms with Crippen molar-refractivity contribution in [2.45, 2.75) is 38.3 Å². The van der Waals surface area contributed by atoms with Crippen molar-refractivity contribution in [3.63, 3.8) is 0 Å². The Morgan fingerprint density at radius 3 is 2.84 bits per heavy atom. The minimum absolute atomic E-state index is 0. The number of aromatic nitrogens is 2. The van der Waals surface area contributed by atoms with E-state index in [9.17, 15) is 4.79 Å². The van der Waals surface area contributed by atoms with E-state index in [1.54, 1.807) is 12.5 Å². The summed E-state index contributed by atoms with van der Waals surface area (Å²) in [5.74, 6) is 0.109. The monoisotopic (exact) mass is 308 g/mol. The first-order valence-corrected chi connectivity index (χ1v) is 6.20. The molecular formula is C12H22Cl2N4O. The van der Waals surface area contributed by atoms with Gasteiger partial charge in [0, 0.05) is 25.5 Å². The summed E-state index contributed by atoms with van der Waals surface area (Å²) in [6.07, 6.45) is 8.60. The molecular weight excluding hydrogens is 287 g/mol. The van der Waals surface area contributed by atoms with Crippen LogP contribution in [0.3, 0.4) is 0 Å². The minimum atomic E-state index is -0.382. The van der Waals surface area contributed by atoms with Crippen LogP contribution in [-0.2, 0) is 11.3 Å². The van der Waals surface area contributed by atoms with Crippen molar-refractivity contribution in [1.29, 1.82) is 0 Å². The molecule has 1 fully saturated rings. The Morgan fingerprint density at radius 2 is 2.26 bits per heavy atom. The molecule has 0 aliphatic carbocycles. The van der Waals surface area contributed by atoms with Gasteiger partial charge in [0.2, 0.25) is 5.91 Å². The highest BCUT2D eigenvalue weighted by Gasteiger charge is 2.33. The Kier molecular flexibility index (Phi) is 8.06. The van der Waals surface area contributed by atoms with Crippen LogP contribution in [0, 0.1) is 0 Å². The molecule has 1 unspecified atom stereocenters. The van der Waals surface area contributed by atoms with E-state index in [0.717, 1.165) is 32.4 Å². The van der Waals surface area contributed by atoms with Crippen LogP contribution < -0.4 is 10.6 Å². The van der Waals surface area contributed by atoms with Gasteiger partial charge in [-0.15, -0.1) is 24.8 Å². The van der Waals surface area contributed by atoms with Gasteiger partial charge in [0.1, 0.15) is 0 Å². The largest absolute Gasteiger partial charge is 0.353 e. The van der Waals surface area contributed by atoms with Gasteiger partial charge in [-0.05, 0) is 32.7 Å². The highest BCUT2D eigenvalue weighted by molar-refractivity contribution is 5.86. The molecule has 2 N–H and O–H groups in total. The number of rotatable bonds is 4. The zero-order valence-electron chi connectivity index (χ0n) is 11.1. The van der Waals surface area contributed by atoms with Gasteiger partial charge in [0.15, 0.2) is 0 Å². The van der Waals surface area contributed by atoms with Gasteiger partial charge in [-0.1, -0.05) is 0 Å². The predicted molar refractivity (Wildman–Crippen MR) is 80.0 cm³/mol. The van der Waals surface area contributed by atoms with Crippen molar-refractivity contribution in [2.24, 2.45) is 0 Å². The molecule has 0 spiro atoms. The first kappa shape index (κ1) is 18.2. The van der Waals surface area contributed by atoms with Crippen molar-refractivity contribution in [3.05, 3.63) is 18.7 Å². The fourth-order valence-corrected chi connectivity index (χ4v) is 2.16. The maximum absolute atomic E-state index is 12.0. The fraction of sp³-hybridized carbons (Fsp3) is 0.667. The average Bonchev–Trinajstić information content (AvgIpc) is 2.83. The summed E-state index contributed by atoms with van der Waals surface area (Å²) in [7, 11) is 0. The zero-order valence-corrected chi connectivity index (χ0v) is 12.7. The van der Waals surface area contributed by atoms with Gasteiger partial charge in [0.25, 0.3) is 0 Å². The van der Waals surface area contributed by atoms with Gasteiger partial charge >= 0.3 is 0 Å². The summed E-state index contributed by atoms with van der Waals surface area (Å²) >= 11 is 0. The normalized spacial score (nSPS) is 21.9. The summed E-state index contributed by atoms with van der Waals surface area (Å²) < 4.78 is 1.96. The molecule has 0 bridgehead atoms. The molecule has 1 aromatic heterocycles. The predicted octanol–water partition coefficient (Wildman–Crippen LogP) is 1.38. The lowest BCUT2D eigenvalue weighted by Crippen LogP contribution is -2.57. The van der Waals surface area contributed by atoms with Gasteiger partial charge in [-0.2, -0.15) is 0 Å². The van der Waals surface area contributed by atoms with E-state index in [2.05, 4.69) is 15.6 Å². The number of piperidine rings is 1. The number of imidazole rings is 1. The lowest BCUT2D eigenvalue weighted by molar-refractivity contribution is -0.127. The van der Waals surface area contributed by atoms with Crippen LogP contribution in [0.15, 0.2) is 18.7 Å². The Morgan fingerprint density at radius 1 is 1.47 bits per heavy atom. The molecule has 0 saturated carbocycles. The first-order valence-electron chi connectivity index (χ1n) is 6.20. The summed E-state index contributed by atoms with van der Waals surface area (Å²) in [5, 5.41) is 6.29. The van der Waals surface area contributed by atoms with Crippen molar-refractivity contribution >= 4 is 30.7 Å². The van der Waals surface area contributed by atoms with E-state index >= 15 is 0 Å². The maximum atomic E-state index is 12.0. The Hall–Kier alpha value is -0.780. The lowest BCUT2D eigenvalue weighted by Gasteiger charge is -2.33. The Labute approximate surface area is 126 Å². The topological polar surface area (TPSA) is 59.0 Å². The van der Waals surface area contributed by atoms with Crippen LogP contribution in [0.2, 0.25) is 0 Å². The highest BCUT2D eigenvalue weighted by atomic mass is 35.5. The molecule has 1 aliphatic heterocycles. The van der Waals surface area contributed by atoms with E-state index in [4.69, 9.17) is 0 Å². The summed E-state index contributed by atoms with van der Waals surface area (Å²) in [4.78, 5) is 16.0. The molecule has 1 aromatic rings. The molecule has 0 radical (unpaired) electrons. The number of nitrogens with zero attached hydrogens (tertiary/aromatic N) is 2. The summed E-state index contributed by atoms with van der Waals surface area (Å²) in [5.41, 5.74) is -0.382. The molecule has 5 nitrogen and oxygen atoms in total. The second-order valence-electron chi connectivity index (χ2n) is 4.77. The third-order valence-corrected chi connectivity index (χ3v) is 3.33. The number of amides is 1. The van der Waals surface area contributed by atoms with E-state index in [0.29, 0.717) is 6.54 Å². The average molecular weight is 309 g/mol. The van der Waals surface area contributed by atoms with Crippen molar-refractivity contribution in [3.8, 4) is 0 Å². The molecule has 1 amide bonds. The highest BCUT2D eigenvalue weighted by Crippen LogP contribution is 2.18. The molecule has 19 heavy (non-hydrogen) atoms. The quantitative estimate of drug-likeness (QED) is 0.883. The second kappa shape index (κ2) is 8.40. The smallest absolute Gasteiger partial charge is 0.240 e. The third kappa shape index (κ3) is 5.01. The molecule has 7 heteroatoms. The van der Waals surface area contributed by atoms with E-state index < -0.39 is 0 Å². The van der Waals surface area contributed by atoms with E-state index in [1.165, 1.54) is 0 Å². The molecule has 2 heterocycles. The van der Waals surface area contributed by atoms with E-state index in [-0.39, 0.29) is 36.3 Å². The SMILES string of the molecule is CC1(C(=O)NCCn2ccnc2)CCCCN1.Cl.Cl. The molecule has 1 saturated heterocycles. The number of halogens is 2. The molecule has 2 rings (SSSR count). The van der Waals surface area contributed by atoms with Crippen LogP contribution in [-0.4, -0.2) is 34.1 Å². The standard InChI is InChI=1S/C12H20N4O.2ClH/c1-12(4-2-3-5-15-12)11(17)14-7-9-16-8-6-13-10-16;;/h6,8,10,15H,2-5,7,9H2,1H3,(H,14,17);2*1H. The minimum Gasteiger partial charge on any atom is -0.353 e. The summed E-state index contributed by atoms with van der Waals surface area (Å²) in [6, 6.07) is 0. The Bertz CT molecular complexity index is 364. The van der Waals surface area contributed by atoms with Crippen LogP contribution in [0.1, 0.15) is 26.2 Å². The number of hydrogen-bond acceptors (Lipinski definition) is 3. The van der Waals surface area contributed by atoms with Crippen molar-refractivity contribution < 1.29 is 4.79 Å². The number of hydrogen-bond donors (Lipinski definition) is 2. The van der Waals surface area contributed by atoms with Gasteiger partial charge in [-0.25, -0.2) is 4.98 Å². The lowest BCUT2D eigenvalue weighted by atomic mass is 9.90. The second-order valence-corrected chi connectivity index (χ2v) is 4.77. The van der Waals surface area contributed by atoms with Crippen molar-refractivity contribution in [2.75, 3.05) is 13.1 Å². The fourth-order valence-electron chi connectivity index (χ4n) is 2.16. The number of nitrogens with one attached hydrogen (secondary N) is 2. The molecule has 110 valence electrons. The zero-order chi connectivity index (χ0) is 12.1. The molecule has 1 atom stereocenters. The van der Waals surface area contributed by atoms with E-state index in [1.807, 2.05) is 17.7 Å². The maximum Gasteiger partial charge on any atom is 0.240 e. The van der Waals surface area contributed by atoms with Gasteiger partial charge in [0.05, 0.1) is 11.9 Å².